The topological polar surface area (TPSA) is 108 Å². The van der Waals surface area contributed by atoms with Gasteiger partial charge in [-0.1, -0.05) is 25.1 Å². The van der Waals surface area contributed by atoms with Crippen LogP contribution in [0.2, 0.25) is 0 Å². The van der Waals surface area contributed by atoms with Crippen molar-refractivity contribution in [3.8, 4) is 0 Å². The van der Waals surface area contributed by atoms with Crippen molar-refractivity contribution in [2.45, 2.75) is 63.8 Å². The molecule has 10 heteroatoms. The van der Waals surface area contributed by atoms with Crippen molar-refractivity contribution >= 4 is 29.3 Å². The van der Waals surface area contributed by atoms with Crippen molar-refractivity contribution in [3.63, 3.8) is 0 Å². The smallest absolute Gasteiger partial charge is 0.264 e. The summed E-state index contributed by atoms with van der Waals surface area (Å²) in [5.41, 5.74) is 2.03. The monoisotopic (exact) mass is 536 g/mol. The number of ether oxygens (including phenoxy) is 1. The zero-order valence-corrected chi connectivity index (χ0v) is 22.2. The number of hydrogen-bond acceptors (Lipinski definition) is 7. The van der Waals surface area contributed by atoms with Gasteiger partial charge < -0.3 is 10.1 Å². The van der Waals surface area contributed by atoms with Crippen LogP contribution in [-0.4, -0.2) is 65.3 Å². The largest absolute Gasteiger partial charge is 0.380 e. The zero-order valence-electron chi connectivity index (χ0n) is 22.2. The maximum Gasteiger partial charge on any atom is 0.264 e. The number of halogens is 1. The lowest BCUT2D eigenvalue weighted by Gasteiger charge is -2.40. The lowest BCUT2D eigenvalue weighted by atomic mass is 9.88. The van der Waals surface area contributed by atoms with Crippen molar-refractivity contribution in [1.82, 2.24) is 15.1 Å². The number of amides is 4. The van der Waals surface area contributed by atoms with Crippen LogP contribution in [0.4, 0.5) is 10.1 Å². The van der Waals surface area contributed by atoms with E-state index in [1.165, 1.54) is 6.07 Å². The highest BCUT2D eigenvalue weighted by atomic mass is 19.1. The van der Waals surface area contributed by atoms with Crippen molar-refractivity contribution in [2.75, 3.05) is 25.5 Å². The Morgan fingerprint density at radius 1 is 1.10 bits per heavy atom. The van der Waals surface area contributed by atoms with Crippen LogP contribution in [0.3, 0.4) is 0 Å². The number of anilines is 1. The standard InChI is InChI=1S/C29H33FN4O5/c1-3-29(39-2)11-13-33(14-12-29)17-19-8-7-18(15-21(19)30)16-31-22-6-4-5-20-25(22)28(38)34(27(20)37)23-9-10-24(35)32-26(23)36/h4-8,15,23,31H,3,9-14,16-17H2,1-2H3,(H,32,35,36). The van der Waals surface area contributed by atoms with Crippen molar-refractivity contribution in [1.29, 1.82) is 0 Å². The van der Waals surface area contributed by atoms with Gasteiger partial charge in [-0.3, -0.25) is 34.3 Å². The van der Waals surface area contributed by atoms with E-state index in [2.05, 4.69) is 22.5 Å². The van der Waals surface area contributed by atoms with E-state index in [1.807, 2.05) is 6.07 Å². The number of piperidine rings is 2. The normalized spacial score (nSPS) is 21.2. The molecule has 0 spiro atoms. The van der Waals surface area contributed by atoms with Gasteiger partial charge in [-0.05, 0) is 49.4 Å². The molecule has 2 saturated heterocycles. The number of likely N-dealkylation sites (tertiary alicyclic amines) is 1. The number of rotatable bonds is 8. The molecule has 1 atom stereocenters. The molecule has 0 aliphatic carbocycles. The highest BCUT2D eigenvalue weighted by Gasteiger charge is 2.45. The third kappa shape index (κ3) is 5.18. The van der Waals surface area contributed by atoms with E-state index in [9.17, 15) is 19.2 Å². The van der Waals surface area contributed by atoms with Gasteiger partial charge in [0.15, 0.2) is 0 Å². The first-order valence-corrected chi connectivity index (χ1v) is 13.4. The second-order valence-electron chi connectivity index (χ2n) is 10.5. The minimum Gasteiger partial charge on any atom is -0.380 e. The third-order valence-corrected chi connectivity index (χ3v) is 8.31. The Morgan fingerprint density at radius 3 is 2.54 bits per heavy atom. The van der Waals surface area contributed by atoms with Gasteiger partial charge in [-0.25, -0.2) is 4.39 Å². The molecule has 2 aromatic carbocycles. The molecule has 206 valence electrons. The van der Waals surface area contributed by atoms with Gasteiger partial charge in [0.2, 0.25) is 11.8 Å². The predicted molar refractivity (Wildman–Crippen MR) is 141 cm³/mol. The summed E-state index contributed by atoms with van der Waals surface area (Å²) in [5, 5.41) is 5.35. The minimum atomic E-state index is -1.03. The van der Waals surface area contributed by atoms with Gasteiger partial charge in [-0.2, -0.15) is 0 Å². The van der Waals surface area contributed by atoms with E-state index in [4.69, 9.17) is 4.74 Å². The summed E-state index contributed by atoms with van der Waals surface area (Å²) in [7, 11) is 1.76. The maximum absolute atomic E-state index is 15.0. The fourth-order valence-electron chi connectivity index (χ4n) is 5.75. The van der Waals surface area contributed by atoms with E-state index in [-0.39, 0.29) is 41.9 Å². The number of imide groups is 2. The molecule has 4 amide bonds. The van der Waals surface area contributed by atoms with Crippen LogP contribution < -0.4 is 10.6 Å². The summed E-state index contributed by atoms with van der Waals surface area (Å²) in [4.78, 5) is 53.3. The van der Waals surface area contributed by atoms with Gasteiger partial charge in [0.1, 0.15) is 11.9 Å². The predicted octanol–water partition coefficient (Wildman–Crippen LogP) is 3.23. The number of methoxy groups -OCH3 is 1. The lowest BCUT2D eigenvalue weighted by molar-refractivity contribution is -0.136. The van der Waals surface area contributed by atoms with Crippen LogP contribution in [0.25, 0.3) is 0 Å². The van der Waals surface area contributed by atoms with Crippen LogP contribution in [0.1, 0.15) is 70.9 Å². The molecule has 2 aromatic rings. The zero-order chi connectivity index (χ0) is 27.7. The molecule has 9 nitrogen and oxygen atoms in total. The average molecular weight is 537 g/mol. The SMILES string of the molecule is CCC1(OC)CCN(Cc2ccc(CNc3cccc4c3C(=O)N(C3CCC(=O)NC3=O)C4=O)cc2F)CC1. The van der Waals surface area contributed by atoms with Crippen LogP contribution in [-0.2, 0) is 27.4 Å². The Kier molecular flexibility index (Phi) is 7.51. The van der Waals surface area contributed by atoms with Gasteiger partial charge in [0.05, 0.1) is 16.7 Å². The molecule has 3 aliphatic rings. The second kappa shape index (κ2) is 10.9. The highest BCUT2D eigenvalue weighted by Crippen LogP contribution is 2.33. The first kappa shape index (κ1) is 27.0. The molecule has 5 rings (SSSR count). The first-order valence-electron chi connectivity index (χ1n) is 13.4. The second-order valence-corrected chi connectivity index (χ2v) is 10.5. The number of hydrogen-bond donors (Lipinski definition) is 2. The number of nitrogens with zero attached hydrogens (tertiary/aromatic N) is 2. The van der Waals surface area contributed by atoms with E-state index in [0.717, 1.165) is 37.3 Å². The fraction of sp³-hybridized carbons (Fsp3) is 0.448. The number of carbonyl (C=O) groups excluding carboxylic acids is 4. The maximum atomic E-state index is 15.0. The Balaban J connectivity index is 1.24. The fourth-order valence-corrected chi connectivity index (χ4v) is 5.75. The first-order chi connectivity index (χ1) is 18.7. The average Bonchev–Trinajstić information content (AvgIpc) is 3.19. The molecule has 3 aliphatic heterocycles. The molecule has 3 heterocycles. The Bertz CT molecular complexity index is 1310. The highest BCUT2D eigenvalue weighted by molar-refractivity contribution is 6.25. The Labute approximate surface area is 226 Å². The van der Waals surface area contributed by atoms with Crippen LogP contribution in [0.5, 0.6) is 0 Å². The van der Waals surface area contributed by atoms with Gasteiger partial charge in [0, 0.05) is 51.0 Å². The summed E-state index contributed by atoms with van der Waals surface area (Å²) in [6.45, 7) is 4.61. The molecule has 39 heavy (non-hydrogen) atoms. The number of fused-ring (bicyclic) bond motifs is 1. The van der Waals surface area contributed by atoms with Gasteiger partial charge in [-0.15, -0.1) is 0 Å². The summed E-state index contributed by atoms with van der Waals surface area (Å²) in [6.07, 6.45) is 2.96. The Hall–Kier alpha value is -3.63. The molecule has 2 N–H and O–H groups in total. The number of carbonyl (C=O) groups is 4. The molecular formula is C29H33FN4O5. The molecule has 0 aromatic heterocycles. The van der Waals surface area contributed by atoms with E-state index >= 15 is 4.39 Å². The molecule has 0 radical (unpaired) electrons. The van der Waals surface area contributed by atoms with Crippen LogP contribution in [0.15, 0.2) is 36.4 Å². The molecule has 0 bridgehead atoms. The molecule has 1 unspecified atom stereocenters. The summed E-state index contributed by atoms with van der Waals surface area (Å²) >= 11 is 0. The van der Waals surface area contributed by atoms with E-state index in [0.29, 0.717) is 23.4 Å². The molecule has 0 saturated carbocycles. The summed E-state index contributed by atoms with van der Waals surface area (Å²) < 4.78 is 20.8. The number of nitrogens with one attached hydrogen (secondary N) is 2. The van der Waals surface area contributed by atoms with Crippen molar-refractivity contribution in [3.05, 3.63) is 64.5 Å². The lowest BCUT2D eigenvalue weighted by Crippen LogP contribution is -2.54. The van der Waals surface area contributed by atoms with Crippen molar-refractivity contribution in [2.24, 2.45) is 0 Å². The minimum absolute atomic E-state index is 0.0565. The van der Waals surface area contributed by atoms with E-state index in [1.54, 1.807) is 31.4 Å². The van der Waals surface area contributed by atoms with Crippen molar-refractivity contribution < 1.29 is 28.3 Å². The quantitative estimate of drug-likeness (QED) is 0.499. The summed E-state index contributed by atoms with van der Waals surface area (Å²) in [6, 6.07) is 8.97. The van der Waals surface area contributed by atoms with E-state index < -0.39 is 29.7 Å². The van der Waals surface area contributed by atoms with Crippen LogP contribution in [0, 0.1) is 5.82 Å². The van der Waals surface area contributed by atoms with Gasteiger partial charge >= 0.3 is 0 Å². The molecule has 2 fully saturated rings. The Morgan fingerprint density at radius 2 is 1.87 bits per heavy atom. The molecular weight excluding hydrogens is 503 g/mol. The van der Waals surface area contributed by atoms with Gasteiger partial charge in [0.25, 0.3) is 11.8 Å². The number of benzene rings is 2. The third-order valence-electron chi connectivity index (χ3n) is 8.31. The summed E-state index contributed by atoms with van der Waals surface area (Å²) in [5.74, 6) is -2.52. The van der Waals surface area contributed by atoms with Crippen LogP contribution >= 0.6 is 0 Å².